The van der Waals surface area contributed by atoms with Crippen LogP contribution in [0.15, 0.2) is 12.1 Å². The van der Waals surface area contributed by atoms with Crippen LogP contribution in [0.5, 0.6) is 0 Å². The van der Waals surface area contributed by atoms with Gasteiger partial charge in [0, 0.05) is 44.0 Å². The summed E-state index contributed by atoms with van der Waals surface area (Å²) >= 11 is 0. The van der Waals surface area contributed by atoms with Crippen LogP contribution in [0.25, 0.3) is 0 Å². The molecular formula is C11H19N3. The molecule has 0 bridgehead atoms. The molecule has 0 aromatic carbocycles. The van der Waals surface area contributed by atoms with Crippen molar-refractivity contribution in [2.75, 3.05) is 27.2 Å². The highest BCUT2D eigenvalue weighted by atomic mass is 15.1. The Bertz CT molecular complexity index is 301. The lowest BCUT2D eigenvalue weighted by atomic mass is 10.3. The van der Waals surface area contributed by atoms with Crippen molar-refractivity contribution in [3.8, 4) is 0 Å². The molecule has 3 nitrogen and oxygen atoms in total. The Morgan fingerprint density at radius 1 is 1.43 bits per heavy atom. The average molecular weight is 193 g/mol. The van der Waals surface area contributed by atoms with Gasteiger partial charge in [0.2, 0.25) is 0 Å². The standard InChI is InChI=1S/C11H19N3/c1-13(2)7-5-10-3-4-11-9-12-6-8-14(10)11/h3-4,12H,5-9H2,1-2H3. The molecule has 0 unspecified atom stereocenters. The van der Waals surface area contributed by atoms with Gasteiger partial charge in [0.05, 0.1) is 0 Å². The van der Waals surface area contributed by atoms with Crippen LogP contribution in [-0.2, 0) is 19.5 Å². The number of aromatic nitrogens is 1. The van der Waals surface area contributed by atoms with E-state index in [2.05, 4.69) is 41.0 Å². The van der Waals surface area contributed by atoms with E-state index in [4.69, 9.17) is 0 Å². The smallest absolute Gasteiger partial charge is 0.0360 e. The van der Waals surface area contributed by atoms with Gasteiger partial charge in [-0.2, -0.15) is 0 Å². The van der Waals surface area contributed by atoms with Crippen molar-refractivity contribution in [2.45, 2.75) is 19.5 Å². The Hall–Kier alpha value is -0.800. The lowest BCUT2D eigenvalue weighted by molar-refractivity contribution is 0.404. The Morgan fingerprint density at radius 3 is 3.07 bits per heavy atom. The number of rotatable bonds is 3. The van der Waals surface area contributed by atoms with Gasteiger partial charge in [-0.25, -0.2) is 0 Å². The molecule has 0 atom stereocenters. The van der Waals surface area contributed by atoms with Gasteiger partial charge < -0.3 is 14.8 Å². The van der Waals surface area contributed by atoms with E-state index < -0.39 is 0 Å². The van der Waals surface area contributed by atoms with E-state index in [1.165, 1.54) is 11.4 Å². The Balaban J connectivity index is 2.06. The molecule has 1 aromatic rings. The molecule has 0 spiro atoms. The van der Waals surface area contributed by atoms with Crippen LogP contribution in [0.3, 0.4) is 0 Å². The van der Waals surface area contributed by atoms with Gasteiger partial charge in [-0.3, -0.25) is 0 Å². The molecule has 0 fully saturated rings. The van der Waals surface area contributed by atoms with Gasteiger partial charge in [0.15, 0.2) is 0 Å². The number of fused-ring (bicyclic) bond motifs is 1. The van der Waals surface area contributed by atoms with Crippen molar-refractivity contribution in [3.05, 3.63) is 23.5 Å². The van der Waals surface area contributed by atoms with Crippen molar-refractivity contribution >= 4 is 0 Å². The SMILES string of the molecule is CN(C)CCc1ccc2n1CCNC2. The molecular weight excluding hydrogens is 174 g/mol. The second-order valence-electron chi connectivity index (χ2n) is 4.20. The largest absolute Gasteiger partial charge is 0.346 e. The maximum absolute atomic E-state index is 3.39. The summed E-state index contributed by atoms with van der Waals surface area (Å²) in [6.45, 7) is 4.40. The van der Waals surface area contributed by atoms with Crippen molar-refractivity contribution in [2.24, 2.45) is 0 Å². The van der Waals surface area contributed by atoms with Gasteiger partial charge in [-0.05, 0) is 26.2 Å². The summed E-state index contributed by atoms with van der Waals surface area (Å²) in [6.07, 6.45) is 1.16. The quantitative estimate of drug-likeness (QED) is 0.762. The zero-order valence-electron chi connectivity index (χ0n) is 9.08. The summed E-state index contributed by atoms with van der Waals surface area (Å²) in [4.78, 5) is 2.24. The summed E-state index contributed by atoms with van der Waals surface area (Å²) in [7, 11) is 4.25. The summed E-state index contributed by atoms with van der Waals surface area (Å²) < 4.78 is 2.46. The molecule has 2 heterocycles. The maximum Gasteiger partial charge on any atom is 0.0360 e. The molecule has 0 saturated carbocycles. The van der Waals surface area contributed by atoms with Crippen molar-refractivity contribution in [3.63, 3.8) is 0 Å². The molecule has 1 aliphatic rings. The van der Waals surface area contributed by atoms with Crippen LogP contribution in [-0.4, -0.2) is 36.7 Å². The topological polar surface area (TPSA) is 20.2 Å². The number of hydrogen-bond acceptors (Lipinski definition) is 2. The summed E-state index contributed by atoms with van der Waals surface area (Å²) in [5.74, 6) is 0. The van der Waals surface area contributed by atoms with Gasteiger partial charge in [0.1, 0.15) is 0 Å². The fourth-order valence-corrected chi connectivity index (χ4v) is 1.96. The molecule has 14 heavy (non-hydrogen) atoms. The zero-order valence-corrected chi connectivity index (χ0v) is 9.08. The van der Waals surface area contributed by atoms with Crippen molar-refractivity contribution in [1.82, 2.24) is 14.8 Å². The first-order valence-electron chi connectivity index (χ1n) is 5.30. The molecule has 1 N–H and O–H groups in total. The molecule has 1 aliphatic heterocycles. The lowest BCUT2D eigenvalue weighted by Crippen LogP contribution is -2.29. The third-order valence-corrected chi connectivity index (χ3v) is 2.79. The third kappa shape index (κ3) is 1.99. The number of likely N-dealkylation sites (N-methyl/N-ethyl adjacent to an activating group) is 1. The number of hydrogen-bond donors (Lipinski definition) is 1. The molecule has 2 rings (SSSR count). The van der Waals surface area contributed by atoms with E-state index in [9.17, 15) is 0 Å². The van der Waals surface area contributed by atoms with Gasteiger partial charge in [0.25, 0.3) is 0 Å². The van der Waals surface area contributed by atoms with Crippen molar-refractivity contribution in [1.29, 1.82) is 0 Å². The second kappa shape index (κ2) is 4.15. The van der Waals surface area contributed by atoms with Crippen LogP contribution >= 0.6 is 0 Å². The molecule has 0 radical (unpaired) electrons. The van der Waals surface area contributed by atoms with Crippen LogP contribution in [0.4, 0.5) is 0 Å². The summed E-state index contributed by atoms with van der Waals surface area (Å²) in [5, 5.41) is 3.39. The summed E-state index contributed by atoms with van der Waals surface area (Å²) in [6, 6.07) is 4.52. The molecule has 0 amide bonds. The van der Waals surface area contributed by atoms with Gasteiger partial charge in [-0.15, -0.1) is 0 Å². The average Bonchev–Trinajstić information content (AvgIpc) is 2.58. The van der Waals surface area contributed by atoms with Crippen LogP contribution in [0, 0.1) is 0 Å². The van der Waals surface area contributed by atoms with E-state index >= 15 is 0 Å². The Morgan fingerprint density at radius 2 is 2.29 bits per heavy atom. The zero-order chi connectivity index (χ0) is 9.97. The Labute approximate surface area is 85.7 Å². The highest BCUT2D eigenvalue weighted by Gasteiger charge is 2.11. The van der Waals surface area contributed by atoms with E-state index in [0.717, 1.165) is 32.6 Å². The minimum Gasteiger partial charge on any atom is -0.346 e. The van der Waals surface area contributed by atoms with E-state index in [1.807, 2.05) is 0 Å². The first kappa shape index (κ1) is 9.74. The van der Waals surface area contributed by atoms with E-state index in [0.29, 0.717) is 0 Å². The highest BCUT2D eigenvalue weighted by Crippen LogP contribution is 2.12. The number of nitrogens with one attached hydrogen (secondary N) is 1. The minimum atomic E-state index is 1.03. The fraction of sp³-hybridized carbons (Fsp3) is 0.636. The first-order chi connectivity index (χ1) is 6.77. The second-order valence-corrected chi connectivity index (χ2v) is 4.20. The molecule has 3 heteroatoms. The normalized spacial score (nSPS) is 15.9. The highest BCUT2D eigenvalue weighted by molar-refractivity contribution is 5.18. The predicted molar refractivity (Wildman–Crippen MR) is 58.4 cm³/mol. The molecule has 1 aromatic heterocycles. The lowest BCUT2D eigenvalue weighted by Gasteiger charge is -2.19. The van der Waals surface area contributed by atoms with E-state index in [1.54, 1.807) is 0 Å². The van der Waals surface area contributed by atoms with Gasteiger partial charge in [-0.1, -0.05) is 0 Å². The molecule has 0 aliphatic carbocycles. The number of nitrogens with zero attached hydrogens (tertiary/aromatic N) is 2. The predicted octanol–water partition coefficient (Wildman–Crippen LogP) is 0.695. The maximum atomic E-state index is 3.39. The Kier molecular flexibility index (Phi) is 2.89. The van der Waals surface area contributed by atoms with Crippen LogP contribution in [0.1, 0.15) is 11.4 Å². The first-order valence-corrected chi connectivity index (χ1v) is 5.30. The molecule has 78 valence electrons. The minimum absolute atomic E-state index is 1.03. The van der Waals surface area contributed by atoms with E-state index in [-0.39, 0.29) is 0 Å². The monoisotopic (exact) mass is 193 g/mol. The van der Waals surface area contributed by atoms with Crippen LogP contribution < -0.4 is 5.32 Å². The summed E-state index contributed by atoms with van der Waals surface area (Å²) in [5.41, 5.74) is 2.92. The van der Waals surface area contributed by atoms with Crippen molar-refractivity contribution < 1.29 is 0 Å². The molecule has 0 saturated heterocycles. The van der Waals surface area contributed by atoms with Crippen LogP contribution in [0.2, 0.25) is 0 Å². The van der Waals surface area contributed by atoms with Gasteiger partial charge >= 0.3 is 0 Å². The fourth-order valence-electron chi connectivity index (χ4n) is 1.96. The third-order valence-electron chi connectivity index (χ3n) is 2.79.